The topological polar surface area (TPSA) is 77.7 Å². The summed E-state index contributed by atoms with van der Waals surface area (Å²) in [7, 11) is 1.39. The van der Waals surface area contributed by atoms with E-state index in [0.717, 1.165) is 24.5 Å². The molecule has 18 heavy (non-hydrogen) atoms. The SMILES string of the molecule is COC(=O)CC1CN(Cc2cnc(N)s2)CCO1. The zero-order valence-electron chi connectivity index (χ0n) is 10.3. The van der Waals surface area contributed by atoms with Crippen molar-refractivity contribution in [3.8, 4) is 0 Å². The molecule has 7 heteroatoms. The fourth-order valence-corrected chi connectivity index (χ4v) is 2.66. The molecular weight excluding hydrogens is 254 g/mol. The fraction of sp³-hybridized carbons (Fsp3) is 0.636. The molecule has 100 valence electrons. The van der Waals surface area contributed by atoms with E-state index in [4.69, 9.17) is 10.5 Å². The van der Waals surface area contributed by atoms with Crippen molar-refractivity contribution in [2.45, 2.75) is 19.1 Å². The molecule has 0 saturated carbocycles. The zero-order valence-corrected chi connectivity index (χ0v) is 11.1. The van der Waals surface area contributed by atoms with Gasteiger partial charge in [0.2, 0.25) is 0 Å². The van der Waals surface area contributed by atoms with Crippen molar-refractivity contribution in [3.63, 3.8) is 0 Å². The molecule has 0 amide bonds. The number of nitrogens with two attached hydrogens (primary N) is 1. The van der Waals surface area contributed by atoms with E-state index in [1.54, 1.807) is 6.20 Å². The number of ether oxygens (including phenoxy) is 2. The van der Waals surface area contributed by atoms with Crippen LogP contribution in [-0.4, -0.2) is 48.8 Å². The normalized spacial score (nSPS) is 20.8. The van der Waals surface area contributed by atoms with E-state index in [0.29, 0.717) is 18.2 Å². The Labute approximate surface area is 110 Å². The predicted molar refractivity (Wildman–Crippen MR) is 68.2 cm³/mol. The Bertz CT molecular complexity index is 410. The van der Waals surface area contributed by atoms with E-state index >= 15 is 0 Å². The second-order valence-electron chi connectivity index (χ2n) is 4.17. The largest absolute Gasteiger partial charge is 0.469 e. The van der Waals surface area contributed by atoms with Crippen molar-refractivity contribution in [2.24, 2.45) is 0 Å². The second kappa shape index (κ2) is 6.12. The summed E-state index contributed by atoms with van der Waals surface area (Å²) in [6, 6.07) is 0. The van der Waals surface area contributed by atoms with Crippen LogP contribution in [0.25, 0.3) is 0 Å². The highest BCUT2D eigenvalue weighted by Gasteiger charge is 2.23. The first-order chi connectivity index (χ1) is 8.67. The molecule has 1 aliphatic heterocycles. The summed E-state index contributed by atoms with van der Waals surface area (Å²) >= 11 is 1.49. The van der Waals surface area contributed by atoms with Crippen molar-refractivity contribution in [1.82, 2.24) is 9.88 Å². The summed E-state index contributed by atoms with van der Waals surface area (Å²) in [5, 5.41) is 0.587. The Hall–Kier alpha value is -1.18. The Morgan fingerprint density at radius 3 is 3.28 bits per heavy atom. The third kappa shape index (κ3) is 3.66. The van der Waals surface area contributed by atoms with Crippen LogP contribution in [0.1, 0.15) is 11.3 Å². The highest BCUT2D eigenvalue weighted by molar-refractivity contribution is 7.15. The van der Waals surface area contributed by atoms with E-state index in [2.05, 4.69) is 14.6 Å². The molecule has 2 N–H and O–H groups in total. The van der Waals surface area contributed by atoms with Crippen LogP contribution < -0.4 is 5.73 Å². The summed E-state index contributed by atoms with van der Waals surface area (Å²) in [6.07, 6.45) is 2.01. The molecule has 1 aromatic rings. The third-order valence-electron chi connectivity index (χ3n) is 2.80. The second-order valence-corrected chi connectivity index (χ2v) is 5.32. The van der Waals surface area contributed by atoms with Gasteiger partial charge in [-0.15, -0.1) is 11.3 Å². The zero-order chi connectivity index (χ0) is 13.0. The quantitative estimate of drug-likeness (QED) is 0.803. The van der Waals surface area contributed by atoms with Crippen LogP contribution in [0, 0.1) is 0 Å². The van der Waals surface area contributed by atoms with Crippen molar-refractivity contribution in [2.75, 3.05) is 32.5 Å². The van der Waals surface area contributed by atoms with Crippen LogP contribution >= 0.6 is 11.3 Å². The molecule has 2 heterocycles. The lowest BCUT2D eigenvalue weighted by Gasteiger charge is -2.31. The Balaban J connectivity index is 1.84. The first-order valence-electron chi connectivity index (χ1n) is 5.78. The van der Waals surface area contributed by atoms with E-state index in [1.165, 1.54) is 18.4 Å². The number of methoxy groups -OCH3 is 1. The summed E-state index contributed by atoms with van der Waals surface area (Å²) in [4.78, 5) is 18.6. The third-order valence-corrected chi connectivity index (χ3v) is 3.61. The van der Waals surface area contributed by atoms with Gasteiger partial charge in [0.05, 0.1) is 26.2 Å². The van der Waals surface area contributed by atoms with Gasteiger partial charge in [-0.1, -0.05) is 0 Å². The van der Waals surface area contributed by atoms with Crippen molar-refractivity contribution in [3.05, 3.63) is 11.1 Å². The maximum absolute atomic E-state index is 11.2. The molecule has 0 aliphatic carbocycles. The molecule has 1 unspecified atom stereocenters. The Morgan fingerprint density at radius 2 is 2.61 bits per heavy atom. The summed E-state index contributed by atoms with van der Waals surface area (Å²) < 4.78 is 10.2. The van der Waals surface area contributed by atoms with Gasteiger partial charge in [-0.25, -0.2) is 4.98 Å². The van der Waals surface area contributed by atoms with Gasteiger partial charge in [0.1, 0.15) is 0 Å². The molecule has 1 aromatic heterocycles. The number of esters is 1. The van der Waals surface area contributed by atoms with Gasteiger partial charge >= 0.3 is 5.97 Å². The number of hydrogen-bond donors (Lipinski definition) is 1. The van der Waals surface area contributed by atoms with Crippen molar-refractivity contribution >= 4 is 22.4 Å². The van der Waals surface area contributed by atoms with Gasteiger partial charge in [0.15, 0.2) is 5.13 Å². The van der Waals surface area contributed by atoms with E-state index < -0.39 is 0 Å². The van der Waals surface area contributed by atoms with Crippen LogP contribution in [-0.2, 0) is 20.8 Å². The minimum absolute atomic E-state index is 0.0866. The first kappa shape index (κ1) is 13.3. The van der Waals surface area contributed by atoms with E-state index in [-0.39, 0.29) is 12.1 Å². The van der Waals surface area contributed by atoms with Crippen LogP contribution in [0.4, 0.5) is 5.13 Å². The van der Waals surface area contributed by atoms with Crippen LogP contribution in [0.5, 0.6) is 0 Å². The van der Waals surface area contributed by atoms with Gasteiger partial charge in [-0.05, 0) is 0 Å². The molecule has 0 aromatic carbocycles. The summed E-state index contributed by atoms with van der Waals surface area (Å²) in [6.45, 7) is 3.02. The molecule has 0 radical (unpaired) electrons. The molecule has 0 bridgehead atoms. The lowest BCUT2D eigenvalue weighted by Crippen LogP contribution is -2.42. The average molecular weight is 271 g/mol. The Kier molecular flexibility index (Phi) is 4.51. The number of thiazole rings is 1. The van der Waals surface area contributed by atoms with Crippen LogP contribution in [0.2, 0.25) is 0 Å². The van der Waals surface area contributed by atoms with Crippen LogP contribution in [0.15, 0.2) is 6.20 Å². The molecule has 2 rings (SSSR count). The minimum Gasteiger partial charge on any atom is -0.469 e. The number of morpholine rings is 1. The van der Waals surface area contributed by atoms with E-state index in [1.807, 2.05) is 0 Å². The maximum atomic E-state index is 11.2. The number of rotatable bonds is 4. The van der Waals surface area contributed by atoms with Crippen LogP contribution in [0.3, 0.4) is 0 Å². The number of carbonyl (C=O) groups excluding carboxylic acids is 1. The molecular formula is C11H17N3O3S. The molecule has 1 aliphatic rings. The number of nitrogen functional groups attached to an aromatic ring is 1. The molecule has 1 atom stereocenters. The lowest BCUT2D eigenvalue weighted by atomic mass is 10.2. The fourth-order valence-electron chi connectivity index (χ4n) is 1.93. The lowest BCUT2D eigenvalue weighted by molar-refractivity contribution is -0.145. The Morgan fingerprint density at radius 1 is 1.78 bits per heavy atom. The monoisotopic (exact) mass is 271 g/mol. The molecule has 1 saturated heterocycles. The van der Waals surface area contributed by atoms with Gasteiger partial charge < -0.3 is 15.2 Å². The number of aromatic nitrogens is 1. The first-order valence-corrected chi connectivity index (χ1v) is 6.60. The van der Waals surface area contributed by atoms with Gasteiger partial charge in [0, 0.05) is 30.7 Å². The average Bonchev–Trinajstić information content (AvgIpc) is 2.75. The van der Waals surface area contributed by atoms with Gasteiger partial charge in [-0.2, -0.15) is 0 Å². The van der Waals surface area contributed by atoms with E-state index in [9.17, 15) is 4.79 Å². The molecule has 1 fully saturated rings. The minimum atomic E-state index is -0.233. The number of anilines is 1. The van der Waals surface area contributed by atoms with Crippen molar-refractivity contribution < 1.29 is 14.3 Å². The predicted octanol–water partition coefficient (Wildman–Crippen LogP) is 0.489. The number of nitrogens with zero attached hydrogens (tertiary/aromatic N) is 2. The summed E-state index contributed by atoms with van der Waals surface area (Å²) in [5.74, 6) is -0.233. The molecule has 0 spiro atoms. The van der Waals surface area contributed by atoms with Gasteiger partial charge in [-0.3, -0.25) is 9.69 Å². The highest BCUT2D eigenvalue weighted by Crippen LogP contribution is 2.18. The van der Waals surface area contributed by atoms with Crippen molar-refractivity contribution in [1.29, 1.82) is 0 Å². The molecule has 6 nitrogen and oxygen atoms in total. The smallest absolute Gasteiger partial charge is 0.308 e. The summed E-state index contributed by atoms with van der Waals surface area (Å²) in [5.41, 5.74) is 5.60. The number of hydrogen-bond acceptors (Lipinski definition) is 7. The number of carbonyl (C=O) groups is 1. The maximum Gasteiger partial charge on any atom is 0.308 e. The standard InChI is InChI=1S/C11H17N3O3S/c1-16-10(15)4-8-6-14(2-3-17-8)7-9-5-13-11(12)18-9/h5,8H,2-4,6-7H2,1H3,(H2,12,13). The highest BCUT2D eigenvalue weighted by atomic mass is 32.1. The van der Waals surface area contributed by atoms with Gasteiger partial charge in [0.25, 0.3) is 0 Å².